The van der Waals surface area contributed by atoms with Gasteiger partial charge in [0.2, 0.25) is 0 Å². The molecule has 3 aromatic carbocycles. The Hall–Kier alpha value is -3.19. The van der Waals surface area contributed by atoms with Crippen molar-refractivity contribution in [3.05, 3.63) is 123 Å². The predicted molar refractivity (Wildman–Crippen MR) is 149 cm³/mol. The fourth-order valence-corrected chi connectivity index (χ4v) is 7.33. The maximum Gasteiger partial charge on any atom is 0.267 e. The van der Waals surface area contributed by atoms with E-state index in [0.29, 0.717) is 0 Å². The van der Waals surface area contributed by atoms with Gasteiger partial charge < -0.3 is 4.90 Å². The number of benzene rings is 3. The van der Waals surface area contributed by atoms with Crippen LogP contribution < -0.4 is 10.5 Å². The molecule has 180 valence electrons. The molecule has 0 saturated heterocycles. The van der Waals surface area contributed by atoms with Crippen LogP contribution in [0.4, 0.5) is 0 Å². The number of fused-ring (bicyclic) bond motifs is 3. The Morgan fingerprint density at radius 3 is 2.28 bits per heavy atom. The van der Waals surface area contributed by atoms with E-state index >= 15 is 0 Å². The summed E-state index contributed by atoms with van der Waals surface area (Å²) < 4.78 is 1.83. The van der Waals surface area contributed by atoms with Crippen molar-refractivity contribution >= 4 is 33.3 Å². The van der Waals surface area contributed by atoms with Crippen LogP contribution in [0.25, 0.3) is 15.9 Å². The molecule has 0 fully saturated rings. The number of quaternary nitrogens is 1. The molecule has 0 bridgehead atoms. The zero-order valence-electron chi connectivity index (χ0n) is 20.0. The quantitative estimate of drug-likeness (QED) is 0.250. The van der Waals surface area contributed by atoms with Crippen LogP contribution in [0.15, 0.2) is 101 Å². The van der Waals surface area contributed by atoms with E-state index in [-0.39, 0.29) is 5.56 Å². The molecule has 1 atom stereocenters. The zero-order valence-corrected chi connectivity index (χ0v) is 21.7. The first kappa shape index (κ1) is 23.2. The number of aryl methyl sites for hydroxylation is 1. The maximum atomic E-state index is 14.0. The molecule has 6 heteroatoms. The van der Waals surface area contributed by atoms with E-state index in [1.165, 1.54) is 21.6 Å². The van der Waals surface area contributed by atoms with Crippen LogP contribution in [-0.2, 0) is 25.9 Å². The Bertz CT molecular complexity index is 1530. The van der Waals surface area contributed by atoms with Crippen LogP contribution in [-0.4, -0.2) is 21.8 Å². The van der Waals surface area contributed by atoms with Crippen molar-refractivity contribution in [2.45, 2.75) is 31.1 Å². The molecule has 5 aromatic rings. The van der Waals surface area contributed by atoms with Gasteiger partial charge in [-0.25, -0.2) is 4.98 Å². The van der Waals surface area contributed by atoms with Gasteiger partial charge >= 0.3 is 0 Å². The third-order valence-corrected chi connectivity index (χ3v) is 8.86. The summed E-state index contributed by atoms with van der Waals surface area (Å²) in [7, 11) is 0. The lowest BCUT2D eigenvalue weighted by molar-refractivity contribution is -0.929. The van der Waals surface area contributed by atoms with Crippen LogP contribution in [0.1, 0.15) is 21.6 Å². The molecule has 2 aromatic heterocycles. The van der Waals surface area contributed by atoms with Crippen LogP contribution in [0.5, 0.6) is 0 Å². The minimum absolute atomic E-state index is 0.0671. The van der Waals surface area contributed by atoms with E-state index < -0.39 is 0 Å². The number of aromatic nitrogens is 2. The zero-order chi connectivity index (χ0) is 24.3. The molecule has 1 aliphatic rings. The molecule has 0 aliphatic carbocycles. The number of nitrogens with one attached hydrogen (secondary N) is 1. The minimum Gasteiger partial charge on any atom is -0.326 e. The first-order valence-corrected chi connectivity index (χ1v) is 14.2. The summed E-state index contributed by atoms with van der Waals surface area (Å²) in [5.74, 6) is 0.870. The van der Waals surface area contributed by atoms with Crippen molar-refractivity contribution < 1.29 is 4.90 Å². The Morgan fingerprint density at radius 1 is 0.889 bits per heavy atom. The summed E-state index contributed by atoms with van der Waals surface area (Å²) in [4.78, 5) is 22.8. The normalized spacial score (nSPS) is 15.2. The van der Waals surface area contributed by atoms with Crippen LogP contribution in [0.2, 0.25) is 0 Å². The fraction of sp³-hybridized carbons (Fsp3) is 0.200. The average Bonchev–Trinajstić information content (AvgIpc) is 3.28. The van der Waals surface area contributed by atoms with Crippen molar-refractivity contribution in [2.24, 2.45) is 0 Å². The average molecular weight is 511 g/mol. The molecular weight excluding hydrogens is 482 g/mol. The largest absolute Gasteiger partial charge is 0.326 e. The fourth-order valence-electron chi connectivity index (χ4n) is 5.00. The number of nitrogens with zero attached hydrogens (tertiary/aromatic N) is 2. The van der Waals surface area contributed by atoms with Gasteiger partial charge in [0.05, 0.1) is 22.5 Å². The summed E-state index contributed by atoms with van der Waals surface area (Å²) in [5, 5.41) is 1.60. The number of hydrogen-bond donors (Lipinski definition) is 1. The van der Waals surface area contributed by atoms with Crippen LogP contribution in [0.3, 0.4) is 0 Å². The first-order chi connectivity index (χ1) is 17.8. The van der Waals surface area contributed by atoms with Crippen molar-refractivity contribution in [1.82, 2.24) is 9.55 Å². The highest BCUT2D eigenvalue weighted by Crippen LogP contribution is 2.32. The van der Waals surface area contributed by atoms with E-state index in [9.17, 15) is 4.79 Å². The van der Waals surface area contributed by atoms with E-state index in [1.54, 1.807) is 28.0 Å². The lowest BCUT2D eigenvalue weighted by atomic mass is 10.0. The maximum absolute atomic E-state index is 14.0. The standard InChI is InChI=1S/C30H27N3OS2/c34-29-27-25-16-18-32(20-23-12-6-2-7-13-23)21-26(25)36-28(27)31-30(33(29)24-14-8-3-9-15-24)35-19-17-22-10-4-1-5-11-22/h1-15H,16-21H2/p+1. The second kappa shape index (κ2) is 10.4. The van der Waals surface area contributed by atoms with Gasteiger partial charge in [0.25, 0.3) is 5.56 Å². The lowest BCUT2D eigenvalue weighted by Gasteiger charge is -2.24. The molecule has 36 heavy (non-hydrogen) atoms. The number of rotatable bonds is 7. The monoisotopic (exact) mass is 510 g/mol. The van der Waals surface area contributed by atoms with Crippen molar-refractivity contribution in [2.75, 3.05) is 12.3 Å². The molecule has 4 nitrogen and oxygen atoms in total. The van der Waals surface area contributed by atoms with Crippen molar-refractivity contribution in [1.29, 1.82) is 0 Å². The van der Waals surface area contributed by atoms with Crippen molar-refractivity contribution in [3.8, 4) is 5.69 Å². The highest BCUT2D eigenvalue weighted by molar-refractivity contribution is 7.99. The van der Waals surface area contributed by atoms with Crippen LogP contribution >= 0.6 is 23.1 Å². The lowest BCUT2D eigenvalue weighted by Crippen LogP contribution is -3.10. The van der Waals surface area contributed by atoms with Crippen molar-refractivity contribution in [3.63, 3.8) is 0 Å². The Morgan fingerprint density at radius 2 is 1.56 bits per heavy atom. The van der Waals surface area contributed by atoms with Gasteiger partial charge in [-0.15, -0.1) is 11.3 Å². The van der Waals surface area contributed by atoms with Gasteiger partial charge in [-0.2, -0.15) is 0 Å². The van der Waals surface area contributed by atoms with E-state index in [4.69, 9.17) is 4.98 Å². The summed E-state index contributed by atoms with van der Waals surface area (Å²) in [6.45, 7) is 3.00. The molecule has 1 aliphatic heterocycles. The third kappa shape index (κ3) is 4.76. The van der Waals surface area contributed by atoms with Gasteiger partial charge in [0.1, 0.15) is 17.9 Å². The highest BCUT2D eigenvalue weighted by atomic mass is 32.2. The molecule has 3 heterocycles. The molecule has 0 spiro atoms. The summed E-state index contributed by atoms with van der Waals surface area (Å²) >= 11 is 3.38. The topological polar surface area (TPSA) is 39.3 Å². The second-order valence-corrected chi connectivity index (χ2v) is 11.4. The molecule has 0 saturated carbocycles. The summed E-state index contributed by atoms with van der Waals surface area (Å²) in [5.41, 5.74) is 4.82. The highest BCUT2D eigenvalue weighted by Gasteiger charge is 2.27. The van der Waals surface area contributed by atoms with Gasteiger partial charge in [-0.05, 0) is 29.7 Å². The molecule has 6 rings (SSSR count). The Labute approximate surface area is 219 Å². The second-order valence-electron chi connectivity index (χ2n) is 9.23. The minimum atomic E-state index is 0.0671. The first-order valence-electron chi connectivity index (χ1n) is 12.4. The van der Waals surface area contributed by atoms with E-state index in [0.717, 1.165) is 59.3 Å². The predicted octanol–water partition coefficient (Wildman–Crippen LogP) is 4.92. The number of thioether (sulfide) groups is 1. The van der Waals surface area contributed by atoms with Gasteiger partial charge in [0.15, 0.2) is 5.16 Å². The van der Waals surface area contributed by atoms with E-state index in [2.05, 4.69) is 54.6 Å². The molecule has 1 unspecified atom stereocenters. The molecular formula is C30H28N3OS2+. The molecule has 1 N–H and O–H groups in total. The number of hydrogen-bond acceptors (Lipinski definition) is 4. The molecule has 0 amide bonds. The SMILES string of the molecule is O=c1c2c3c(sc2nc(SCCc2ccccc2)n1-c1ccccc1)C[NH+](Cc1ccccc1)CC3. The summed E-state index contributed by atoms with van der Waals surface area (Å²) in [6, 6.07) is 31.1. The Kier molecular flexibility index (Phi) is 6.73. The van der Waals surface area contributed by atoms with Gasteiger partial charge in [0, 0.05) is 17.7 Å². The smallest absolute Gasteiger partial charge is 0.267 e. The van der Waals surface area contributed by atoms with Crippen LogP contribution in [0, 0.1) is 0 Å². The molecule has 0 radical (unpaired) electrons. The van der Waals surface area contributed by atoms with Gasteiger partial charge in [-0.3, -0.25) is 9.36 Å². The van der Waals surface area contributed by atoms with Gasteiger partial charge in [-0.1, -0.05) is 90.6 Å². The number of thiophene rings is 1. The number of para-hydroxylation sites is 1. The third-order valence-electron chi connectivity index (χ3n) is 6.79. The summed E-state index contributed by atoms with van der Waals surface area (Å²) in [6.07, 6.45) is 1.86. The van der Waals surface area contributed by atoms with E-state index in [1.807, 2.05) is 41.0 Å². The Balaban J connectivity index is 1.35.